The summed E-state index contributed by atoms with van der Waals surface area (Å²) in [6.07, 6.45) is 8.51. The van der Waals surface area contributed by atoms with Crippen LogP contribution in [0.15, 0.2) is 49.1 Å². The molecule has 0 radical (unpaired) electrons. The first-order valence-electron chi connectivity index (χ1n) is 12.7. The Labute approximate surface area is 204 Å². The normalized spacial score (nSPS) is 27.6. The van der Waals surface area contributed by atoms with Gasteiger partial charge in [-0.05, 0) is 94.4 Å². The molecule has 2 aliphatic rings. The molecule has 0 amide bonds. The highest BCUT2D eigenvalue weighted by molar-refractivity contribution is 5.31. The smallest absolute Gasteiger partial charge is 0.335 e. The van der Waals surface area contributed by atoms with Gasteiger partial charge in [0.2, 0.25) is 0 Å². The second kappa shape index (κ2) is 11.4. The average molecular weight is 503 g/mol. The maximum absolute atomic E-state index is 14.9. The molecule has 0 bridgehead atoms. The Morgan fingerprint density at radius 3 is 2.23 bits per heavy atom. The third kappa shape index (κ3) is 6.45. The van der Waals surface area contributed by atoms with Gasteiger partial charge < -0.3 is 4.74 Å². The first kappa shape index (κ1) is 27.7. The Morgan fingerprint density at radius 2 is 1.66 bits per heavy atom. The van der Waals surface area contributed by atoms with Gasteiger partial charge in [-0.3, -0.25) is 0 Å². The third-order valence-corrected chi connectivity index (χ3v) is 7.67. The molecular formula is C28H36F6O. The maximum Gasteiger partial charge on any atom is 0.335 e. The molecule has 2 aliphatic carbocycles. The number of benzene rings is 1. The quantitative estimate of drug-likeness (QED) is 0.229. The van der Waals surface area contributed by atoms with Gasteiger partial charge in [0.1, 0.15) is 5.75 Å². The van der Waals surface area contributed by atoms with E-state index in [-0.39, 0.29) is 31.1 Å². The van der Waals surface area contributed by atoms with E-state index in [2.05, 4.69) is 6.58 Å². The fourth-order valence-corrected chi connectivity index (χ4v) is 5.47. The van der Waals surface area contributed by atoms with E-state index < -0.39 is 35.2 Å². The summed E-state index contributed by atoms with van der Waals surface area (Å²) in [5.74, 6) is -12.9. The molecule has 1 nitrogen and oxygen atoms in total. The Morgan fingerprint density at radius 1 is 1.00 bits per heavy atom. The second-order valence-corrected chi connectivity index (χ2v) is 10.0. The van der Waals surface area contributed by atoms with E-state index in [9.17, 15) is 26.3 Å². The molecule has 0 aliphatic heterocycles. The van der Waals surface area contributed by atoms with Crippen molar-refractivity contribution < 1.29 is 31.1 Å². The Bertz CT molecular complexity index is 840. The molecular weight excluding hydrogens is 466 g/mol. The van der Waals surface area contributed by atoms with E-state index in [0.29, 0.717) is 44.5 Å². The molecule has 2 atom stereocenters. The van der Waals surface area contributed by atoms with Crippen molar-refractivity contribution in [2.45, 2.75) is 82.5 Å². The summed E-state index contributed by atoms with van der Waals surface area (Å²) in [5, 5.41) is 0. The molecule has 2 saturated carbocycles. The SMILES string of the molecule is C=CC1CCC(/C=C/CCC2CCC(C(F)(F)C(F)(F)c3ccc(OCC)cc3)CC2)CC1(F)F. The fourth-order valence-electron chi connectivity index (χ4n) is 5.47. The summed E-state index contributed by atoms with van der Waals surface area (Å²) in [5.41, 5.74) is -0.703. The van der Waals surface area contributed by atoms with E-state index in [1.807, 2.05) is 12.2 Å². The topological polar surface area (TPSA) is 9.23 Å². The number of rotatable bonds is 10. The molecule has 0 spiro atoms. The van der Waals surface area contributed by atoms with Crippen LogP contribution in [0.3, 0.4) is 0 Å². The summed E-state index contributed by atoms with van der Waals surface area (Å²) < 4.78 is 92.8. The van der Waals surface area contributed by atoms with Gasteiger partial charge in [0.25, 0.3) is 5.92 Å². The van der Waals surface area contributed by atoms with Crippen molar-refractivity contribution in [2.24, 2.45) is 23.7 Å². The summed E-state index contributed by atoms with van der Waals surface area (Å²) >= 11 is 0. The Hall–Kier alpha value is -1.92. The molecule has 2 unspecified atom stereocenters. The number of ether oxygens (including phenoxy) is 1. The van der Waals surface area contributed by atoms with Gasteiger partial charge in [-0.15, -0.1) is 6.58 Å². The fraction of sp³-hybridized carbons (Fsp3) is 0.643. The van der Waals surface area contributed by atoms with Crippen molar-refractivity contribution in [3.8, 4) is 5.75 Å². The Balaban J connectivity index is 1.47. The first-order chi connectivity index (χ1) is 16.5. The summed E-state index contributed by atoms with van der Waals surface area (Å²) in [6, 6.07) is 4.60. The predicted molar refractivity (Wildman–Crippen MR) is 126 cm³/mol. The summed E-state index contributed by atoms with van der Waals surface area (Å²) in [4.78, 5) is 0. The lowest BCUT2D eigenvalue weighted by Crippen LogP contribution is -2.45. The van der Waals surface area contributed by atoms with Gasteiger partial charge >= 0.3 is 11.8 Å². The second-order valence-electron chi connectivity index (χ2n) is 10.0. The lowest BCUT2D eigenvalue weighted by molar-refractivity contribution is -0.249. The third-order valence-electron chi connectivity index (χ3n) is 7.67. The molecule has 1 aromatic carbocycles. The van der Waals surface area contributed by atoms with Crippen LogP contribution in [0, 0.1) is 23.7 Å². The van der Waals surface area contributed by atoms with Crippen molar-refractivity contribution in [1.82, 2.24) is 0 Å². The van der Waals surface area contributed by atoms with Crippen molar-refractivity contribution >= 4 is 0 Å². The molecule has 1 aromatic rings. The molecule has 7 heteroatoms. The zero-order valence-electron chi connectivity index (χ0n) is 20.3. The van der Waals surface area contributed by atoms with Gasteiger partial charge in [-0.1, -0.05) is 18.2 Å². The van der Waals surface area contributed by atoms with Gasteiger partial charge in [-0.25, -0.2) is 8.78 Å². The van der Waals surface area contributed by atoms with E-state index in [4.69, 9.17) is 4.74 Å². The van der Waals surface area contributed by atoms with Crippen LogP contribution in [0.2, 0.25) is 0 Å². The number of hydrogen-bond donors (Lipinski definition) is 0. The average Bonchev–Trinajstić information content (AvgIpc) is 2.82. The van der Waals surface area contributed by atoms with Crippen molar-refractivity contribution in [3.63, 3.8) is 0 Å². The monoisotopic (exact) mass is 502 g/mol. The maximum atomic E-state index is 14.9. The minimum Gasteiger partial charge on any atom is -0.494 e. The van der Waals surface area contributed by atoms with Crippen LogP contribution in [-0.4, -0.2) is 18.5 Å². The van der Waals surface area contributed by atoms with E-state index in [0.717, 1.165) is 18.6 Å². The number of alkyl halides is 6. The summed E-state index contributed by atoms with van der Waals surface area (Å²) in [6.45, 7) is 5.61. The van der Waals surface area contributed by atoms with Gasteiger partial charge in [0.05, 0.1) is 6.61 Å². The van der Waals surface area contributed by atoms with Crippen LogP contribution in [0.4, 0.5) is 26.3 Å². The predicted octanol–water partition coefficient (Wildman–Crippen LogP) is 9.19. The van der Waals surface area contributed by atoms with E-state index in [1.54, 1.807) is 6.92 Å². The standard InChI is InChI=1S/C28H36F6O/c1-3-22-12-11-21(19-26(22,29)30)8-6-5-7-20-9-13-23(14-10-20)27(31,32)28(33,34)24-15-17-25(18-16-24)35-4-2/h3,6,8,15-18,20-23H,1,4-5,7,9-14,19H2,2H3/b8-6+. The minimum absolute atomic E-state index is 0.0474. The van der Waals surface area contributed by atoms with Crippen molar-refractivity contribution in [3.05, 3.63) is 54.6 Å². The Kier molecular flexibility index (Phi) is 9.03. The molecule has 0 aromatic heterocycles. The molecule has 35 heavy (non-hydrogen) atoms. The zero-order chi connectivity index (χ0) is 25.7. The van der Waals surface area contributed by atoms with Gasteiger partial charge in [0.15, 0.2) is 0 Å². The molecule has 3 rings (SSSR count). The highest BCUT2D eigenvalue weighted by Crippen LogP contribution is 2.52. The van der Waals surface area contributed by atoms with Crippen LogP contribution >= 0.6 is 0 Å². The van der Waals surface area contributed by atoms with E-state index >= 15 is 0 Å². The van der Waals surface area contributed by atoms with E-state index in [1.165, 1.54) is 18.2 Å². The van der Waals surface area contributed by atoms with Crippen LogP contribution in [0.25, 0.3) is 0 Å². The highest BCUT2D eigenvalue weighted by atomic mass is 19.3. The van der Waals surface area contributed by atoms with Crippen molar-refractivity contribution in [1.29, 1.82) is 0 Å². The van der Waals surface area contributed by atoms with Crippen LogP contribution in [0.5, 0.6) is 5.75 Å². The highest BCUT2D eigenvalue weighted by Gasteiger charge is 2.61. The summed E-state index contributed by atoms with van der Waals surface area (Å²) in [7, 11) is 0. The molecule has 0 saturated heterocycles. The number of allylic oxidation sites excluding steroid dienone is 3. The lowest BCUT2D eigenvalue weighted by Gasteiger charge is -2.37. The number of halogens is 6. The van der Waals surface area contributed by atoms with Crippen molar-refractivity contribution in [2.75, 3.05) is 6.61 Å². The van der Waals surface area contributed by atoms with Gasteiger partial charge in [0, 0.05) is 23.8 Å². The minimum atomic E-state index is -4.26. The first-order valence-corrected chi connectivity index (χ1v) is 12.7. The molecule has 2 fully saturated rings. The molecule has 0 heterocycles. The van der Waals surface area contributed by atoms with Crippen LogP contribution in [-0.2, 0) is 5.92 Å². The lowest BCUT2D eigenvalue weighted by atomic mass is 9.75. The van der Waals surface area contributed by atoms with Gasteiger partial charge in [-0.2, -0.15) is 17.6 Å². The molecule has 0 N–H and O–H groups in total. The molecule has 196 valence electrons. The largest absolute Gasteiger partial charge is 0.494 e. The van der Waals surface area contributed by atoms with Crippen LogP contribution in [0.1, 0.15) is 70.3 Å². The zero-order valence-corrected chi connectivity index (χ0v) is 20.3. The number of hydrogen-bond acceptors (Lipinski definition) is 1. The van der Waals surface area contributed by atoms with Crippen LogP contribution < -0.4 is 4.74 Å².